The van der Waals surface area contributed by atoms with Crippen molar-refractivity contribution in [1.29, 1.82) is 0 Å². The molecule has 0 fully saturated rings. The number of hydrogen-bond donors (Lipinski definition) is 2. The zero-order valence-corrected chi connectivity index (χ0v) is 15.9. The molecule has 2 aromatic carbocycles. The number of para-hydroxylation sites is 1. The summed E-state index contributed by atoms with van der Waals surface area (Å²) in [6.45, 7) is 6.76. The van der Waals surface area contributed by atoms with Gasteiger partial charge in [-0.25, -0.2) is 4.79 Å². The molecule has 27 heavy (non-hydrogen) atoms. The Labute approximate surface area is 158 Å². The van der Waals surface area contributed by atoms with Gasteiger partial charge in [-0.05, 0) is 39.8 Å². The van der Waals surface area contributed by atoms with E-state index in [4.69, 9.17) is 4.74 Å². The lowest BCUT2D eigenvalue weighted by Crippen LogP contribution is -2.44. The number of nitrogens with one attached hydrogen (secondary N) is 2. The Balaban J connectivity index is 2.10. The molecule has 0 radical (unpaired) electrons. The van der Waals surface area contributed by atoms with Crippen LogP contribution in [0.25, 0.3) is 0 Å². The lowest BCUT2D eigenvalue weighted by molar-refractivity contribution is -0.117. The van der Waals surface area contributed by atoms with Crippen molar-refractivity contribution >= 4 is 23.5 Å². The van der Waals surface area contributed by atoms with Crippen molar-refractivity contribution in [3.63, 3.8) is 0 Å². The van der Waals surface area contributed by atoms with Crippen LogP contribution in [0.4, 0.5) is 10.5 Å². The van der Waals surface area contributed by atoms with Gasteiger partial charge in [0, 0.05) is 11.1 Å². The van der Waals surface area contributed by atoms with Crippen molar-refractivity contribution in [2.45, 2.75) is 39.3 Å². The number of carbonyl (C=O) groups excluding carboxylic acids is 3. The summed E-state index contributed by atoms with van der Waals surface area (Å²) in [6.07, 6.45) is -0.682. The van der Waals surface area contributed by atoms with Crippen LogP contribution in [0.15, 0.2) is 54.6 Å². The number of benzene rings is 2. The molecule has 0 aliphatic heterocycles. The van der Waals surface area contributed by atoms with Crippen molar-refractivity contribution in [2.24, 2.45) is 0 Å². The van der Waals surface area contributed by atoms with Gasteiger partial charge in [0.15, 0.2) is 5.78 Å². The molecule has 6 heteroatoms. The zero-order valence-electron chi connectivity index (χ0n) is 15.9. The minimum atomic E-state index is -0.834. The van der Waals surface area contributed by atoms with Crippen molar-refractivity contribution < 1.29 is 19.1 Å². The second-order valence-electron chi connectivity index (χ2n) is 7.10. The number of anilines is 1. The molecule has 0 bridgehead atoms. The summed E-state index contributed by atoms with van der Waals surface area (Å²) in [4.78, 5) is 37.0. The van der Waals surface area contributed by atoms with Gasteiger partial charge in [-0.2, -0.15) is 0 Å². The number of ketones is 1. The normalized spacial score (nSPS) is 12.0. The highest BCUT2D eigenvalue weighted by atomic mass is 16.6. The van der Waals surface area contributed by atoms with E-state index in [0.717, 1.165) is 0 Å². The largest absolute Gasteiger partial charge is 0.444 e. The minimum absolute atomic E-state index is 0.195. The standard InChI is InChI=1S/C21H24N2O4/c1-14(22-20(26)27-21(2,3)4)19(25)23-17-13-9-8-12-16(17)18(24)15-10-6-5-7-11-15/h5-14H,1-4H3,(H,22,26)(H,23,25)/t14-/m1/s1. The highest BCUT2D eigenvalue weighted by Gasteiger charge is 2.22. The maximum Gasteiger partial charge on any atom is 0.408 e. The average Bonchev–Trinajstić information content (AvgIpc) is 2.60. The van der Waals surface area contributed by atoms with Crippen LogP contribution < -0.4 is 10.6 Å². The van der Waals surface area contributed by atoms with Gasteiger partial charge < -0.3 is 15.4 Å². The predicted octanol–water partition coefficient (Wildman–Crippen LogP) is 3.77. The first-order valence-electron chi connectivity index (χ1n) is 8.66. The van der Waals surface area contributed by atoms with Crippen molar-refractivity contribution in [3.05, 3.63) is 65.7 Å². The van der Waals surface area contributed by atoms with E-state index in [1.807, 2.05) is 6.07 Å². The highest BCUT2D eigenvalue weighted by Crippen LogP contribution is 2.19. The molecule has 0 saturated heterocycles. The van der Waals surface area contributed by atoms with Crippen LogP contribution in [0.3, 0.4) is 0 Å². The molecule has 0 heterocycles. The van der Waals surface area contributed by atoms with E-state index in [2.05, 4.69) is 10.6 Å². The first kappa shape index (κ1) is 20.2. The first-order valence-corrected chi connectivity index (χ1v) is 8.66. The van der Waals surface area contributed by atoms with Crippen molar-refractivity contribution in [2.75, 3.05) is 5.32 Å². The summed E-state index contributed by atoms with van der Waals surface area (Å²) in [6, 6.07) is 14.7. The minimum Gasteiger partial charge on any atom is -0.444 e. The number of hydrogen-bond acceptors (Lipinski definition) is 4. The molecular formula is C21H24N2O4. The van der Waals surface area contributed by atoms with Gasteiger partial charge in [0.2, 0.25) is 5.91 Å². The van der Waals surface area contributed by atoms with Gasteiger partial charge in [0.05, 0.1) is 5.69 Å². The number of carbonyl (C=O) groups is 3. The van der Waals surface area contributed by atoms with Gasteiger partial charge >= 0.3 is 6.09 Å². The third-order valence-electron chi connectivity index (χ3n) is 3.59. The Bertz CT molecular complexity index is 826. The van der Waals surface area contributed by atoms with E-state index >= 15 is 0 Å². The quantitative estimate of drug-likeness (QED) is 0.787. The molecule has 2 aromatic rings. The smallest absolute Gasteiger partial charge is 0.408 e. The molecule has 0 aliphatic rings. The van der Waals surface area contributed by atoms with E-state index in [0.29, 0.717) is 16.8 Å². The molecule has 0 saturated carbocycles. The maximum atomic E-state index is 12.7. The molecule has 0 spiro atoms. The Morgan fingerprint density at radius 2 is 1.52 bits per heavy atom. The van der Waals surface area contributed by atoms with E-state index in [1.165, 1.54) is 0 Å². The lowest BCUT2D eigenvalue weighted by Gasteiger charge is -2.22. The van der Waals surface area contributed by atoms with Crippen LogP contribution >= 0.6 is 0 Å². The fourth-order valence-electron chi connectivity index (χ4n) is 2.33. The molecule has 2 N–H and O–H groups in total. The van der Waals surface area contributed by atoms with E-state index < -0.39 is 23.6 Å². The zero-order chi connectivity index (χ0) is 20.0. The highest BCUT2D eigenvalue weighted by molar-refractivity contribution is 6.14. The predicted molar refractivity (Wildman–Crippen MR) is 104 cm³/mol. The molecular weight excluding hydrogens is 344 g/mol. The Kier molecular flexibility index (Phi) is 6.34. The molecule has 6 nitrogen and oxygen atoms in total. The summed E-state index contributed by atoms with van der Waals surface area (Å²) in [7, 11) is 0. The number of alkyl carbamates (subject to hydrolysis) is 1. The van der Waals surface area contributed by atoms with Crippen molar-refractivity contribution in [3.8, 4) is 0 Å². The van der Waals surface area contributed by atoms with Crippen LogP contribution in [-0.4, -0.2) is 29.4 Å². The molecule has 0 aromatic heterocycles. The van der Waals surface area contributed by atoms with E-state index in [9.17, 15) is 14.4 Å². The van der Waals surface area contributed by atoms with Gasteiger partial charge in [0.1, 0.15) is 11.6 Å². The fourth-order valence-corrected chi connectivity index (χ4v) is 2.33. The number of ether oxygens (including phenoxy) is 1. The van der Waals surface area contributed by atoms with Gasteiger partial charge in [0.25, 0.3) is 0 Å². The van der Waals surface area contributed by atoms with Gasteiger partial charge in [-0.3, -0.25) is 9.59 Å². The Morgan fingerprint density at radius 1 is 0.926 bits per heavy atom. The van der Waals surface area contributed by atoms with Gasteiger partial charge in [-0.1, -0.05) is 42.5 Å². The summed E-state index contributed by atoms with van der Waals surface area (Å²) >= 11 is 0. The summed E-state index contributed by atoms with van der Waals surface area (Å²) in [5.74, 6) is -0.645. The van der Waals surface area contributed by atoms with Crippen molar-refractivity contribution in [1.82, 2.24) is 5.32 Å². The van der Waals surface area contributed by atoms with Gasteiger partial charge in [-0.15, -0.1) is 0 Å². The third kappa shape index (κ3) is 5.95. The molecule has 0 aliphatic carbocycles. The fraction of sp³-hybridized carbons (Fsp3) is 0.286. The lowest BCUT2D eigenvalue weighted by atomic mass is 10.0. The van der Waals surface area contributed by atoms with E-state index in [1.54, 1.807) is 76.2 Å². The average molecular weight is 368 g/mol. The van der Waals surface area contributed by atoms with Crippen LogP contribution in [0, 0.1) is 0 Å². The molecule has 0 unspecified atom stereocenters. The second kappa shape index (κ2) is 8.49. The summed E-state index contributed by atoms with van der Waals surface area (Å²) < 4.78 is 5.14. The van der Waals surface area contributed by atoms with E-state index in [-0.39, 0.29) is 5.78 Å². The Hall–Kier alpha value is -3.15. The van der Waals surface area contributed by atoms with Crippen LogP contribution in [-0.2, 0) is 9.53 Å². The topological polar surface area (TPSA) is 84.5 Å². The second-order valence-corrected chi connectivity index (χ2v) is 7.10. The third-order valence-corrected chi connectivity index (χ3v) is 3.59. The number of rotatable bonds is 5. The molecule has 2 rings (SSSR count). The summed E-state index contributed by atoms with van der Waals surface area (Å²) in [5, 5.41) is 5.18. The molecule has 1 atom stereocenters. The Morgan fingerprint density at radius 3 is 2.15 bits per heavy atom. The van der Waals surface area contributed by atoms with Crippen LogP contribution in [0.5, 0.6) is 0 Å². The summed E-state index contributed by atoms with van der Waals surface area (Å²) in [5.41, 5.74) is 0.629. The molecule has 2 amide bonds. The SMILES string of the molecule is C[C@@H](NC(=O)OC(C)(C)C)C(=O)Nc1ccccc1C(=O)c1ccccc1. The van der Waals surface area contributed by atoms with Crippen LogP contribution in [0.2, 0.25) is 0 Å². The monoisotopic (exact) mass is 368 g/mol. The first-order chi connectivity index (χ1) is 12.7. The maximum absolute atomic E-state index is 12.7. The number of amides is 2. The van der Waals surface area contributed by atoms with Crippen LogP contribution in [0.1, 0.15) is 43.6 Å². The molecule has 142 valence electrons.